The largest absolute Gasteiger partial charge is 0.307 e. The zero-order chi connectivity index (χ0) is 12.3. The number of aryl methyl sites for hydroxylation is 1. The van der Waals surface area contributed by atoms with Crippen LogP contribution < -0.4 is 5.32 Å². The Bertz CT molecular complexity index is 510. The van der Waals surface area contributed by atoms with Crippen molar-refractivity contribution in [3.63, 3.8) is 0 Å². The van der Waals surface area contributed by atoms with Crippen LogP contribution in [0, 0.1) is 5.82 Å². The highest BCUT2D eigenvalue weighted by molar-refractivity contribution is 9.10. The standard InChI is InChI=1S/C12H13BrFN3/c1-17-11(4-5-16-17)8-15-7-9-2-3-10(14)6-12(9)13/h2-6,15H,7-8H2,1H3. The van der Waals surface area contributed by atoms with E-state index in [0.717, 1.165) is 22.3 Å². The van der Waals surface area contributed by atoms with E-state index in [0.29, 0.717) is 6.54 Å². The predicted octanol–water partition coefficient (Wildman–Crippen LogP) is 2.61. The molecule has 0 radical (unpaired) electrons. The molecule has 0 saturated carbocycles. The number of nitrogens with zero attached hydrogens (tertiary/aromatic N) is 2. The molecule has 1 N–H and O–H groups in total. The van der Waals surface area contributed by atoms with Gasteiger partial charge in [-0.2, -0.15) is 5.10 Å². The maximum absolute atomic E-state index is 12.9. The SMILES string of the molecule is Cn1nccc1CNCc1ccc(F)cc1Br. The smallest absolute Gasteiger partial charge is 0.124 e. The van der Waals surface area contributed by atoms with Crippen LogP contribution in [0.1, 0.15) is 11.3 Å². The molecule has 0 aliphatic rings. The van der Waals surface area contributed by atoms with Gasteiger partial charge in [0, 0.05) is 30.8 Å². The van der Waals surface area contributed by atoms with Gasteiger partial charge in [-0.1, -0.05) is 22.0 Å². The van der Waals surface area contributed by atoms with Gasteiger partial charge in [-0.05, 0) is 23.8 Å². The molecule has 0 fully saturated rings. The molecule has 3 nitrogen and oxygen atoms in total. The third-order valence-corrected chi connectivity index (χ3v) is 3.30. The topological polar surface area (TPSA) is 29.9 Å². The van der Waals surface area contributed by atoms with Crippen molar-refractivity contribution < 1.29 is 4.39 Å². The summed E-state index contributed by atoms with van der Waals surface area (Å²) in [6, 6.07) is 6.68. The Hall–Kier alpha value is -1.20. The molecule has 2 aromatic rings. The van der Waals surface area contributed by atoms with Crippen LogP contribution in [0.3, 0.4) is 0 Å². The summed E-state index contributed by atoms with van der Waals surface area (Å²) < 4.78 is 15.5. The van der Waals surface area contributed by atoms with Crippen molar-refractivity contribution in [2.75, 3.05) is 0 Å². The maximum atomic E-state index is 12.9. The molecule has 5 heteroatoms. The molecular formula is C12H13BrFN3. The molecule has 0 spiro atoms. The van der Waals surface area contributed by atoms with Crippen molar-refractivity contribution >= 4 is 15.9 Å². The summed E-state index contributed by atoms with van der Waals surface area (Å²) in [5.41, 5.74) is 2.15. The lowest BCUT2D eigenvalue weighted by Gasteiger charge is -2.07. The first-order valence-electron chi connectivity index (χ1n) is 5.28. The molecule has 1 aromatic carbocycles. The van der Waals surface area contributed by atoms with E-state index in [-0.39, 0.29) is 5.82 Å². The summed E-state index contributed by atoms with van der Waals surface area (Å²) in [4.78, 5) is 0. The summed E-state index contributed by atoms with van der Waals surface area (Å²) in [6.45, 7) is 1.42. The van der Waals surface area contributed by atoms with E-state index >= 15 is 0 Å². The zero-order valence-electron chi connectivity index (χ0n) is 9.45. The Morgan fingerprint density at radius 3 is 2.82 bits per heavy atom. The predicted molar refractivity (Wildman–Crippen MR) is 67.9 cm³/mol. The van der Waals surface area contributed by atoms with Crippen LogP contribution >= 0.6 is 15.9 Å². The number of hydrogen-bond acceptors (Lipinski definition) is 2. The van der Waals surface area contributed by atoms with Crippen molar-refractivity contribution in [1.29, 1.82) is 0 Å². The van der Waals surface area contributed by atoms with Gasteiger partial charge >= 0.3 is 0 Å². The number of benzene rings is 1. The molecule has 1 aromatic heterocycles. The van der Waals surface area contributed by atoms with E-state index in [2.05, 4.69) is 26.3 Å². The van der Waals surface area contributed by atoms with E-state index in [1.807, 2.05) is 17.8 Å². The number of rotatable bonds is 4. The van der Waals surface area contributed by atoms with Crippen molar-refractivity contribution in [3.8, 4) is 0 Å². The Morgan fingerprint density at radius 2 is 2.18 bits per heavy atom. The summed E-state index contributed by atoms with van der Waals surface area (Å²) in [6.07, 6.45) is 1.77. The van der Waals surface area contributed by atoms with Crippen LogP contribution in [-0.4, -0.2) is 9.78 Å². The average molecular weight is 298 g/mol. The fourth-order valence-corrected chi connectivity index (χ4v) is 2.06. The van der Waals surface area contributed by atoms with Gasteiger partial charge in [0.2, 0.25) is 0 Å². The molecule has 2 rings (SSSR count). The highest BCUT2D eigenvalue weighted by Crippen LogP contribution is 2.17. The lowest BCUT2D eigenvalue weighted by Crippen LogP contribution is -2.15. The molecule has 0 aliphatic carbocycles. The first-order chi connectivity index (χ1) is 8.16. The first kappa shape index (κ1) is 12.3. The Morgan fingerprint density at radius 1 is 1.35 bits per heavy atom. The van der Waals surface area contributed by atoms with E-state index < -0.39 is 0 Å². The minimum absolute atomic E-state index is 0.229. The Labute approximate surface area is 108 Å². The van der Waals surface area contributed by atoms with Crippen LogP contribution in [0.4, 0.5) is 4.39 Å². The molecule has 0 aliphatic heterocycles. The molecule has 90 valence electrons. The third-order valence-electron chi connectivity index (χ3n) is 2.56. The van der Waals surface area contributed by atoms with Gasteiger partial charge in [0.1, 0.15) is 5.82 Å². The second kappa shape index (κ2) is 5.42. The average Bonchev–Trinajstić information content (AvgIpc) is 2.68. The van der Waals surface area contributed by atoms with E-state index in [1.165, 1.54) is 12.1 Å². The highest BCUT2D eigenvalue weighted by Gasteiger charge is 2.02. The number of nitrogens with one attached hydrogen (secondary N) is 1. The molecule has 0 atom stereocenters. The van der Waals surface area contributed by atoms with Crippen LogP contribution in [0.5, 0.6) is 0 Å². The van der Waals surface area contributed by atoms with Crippen LogP contribution in [-0.2, 0) is 20.1 Å². The molecule has 0 bridgehead atoms. The summed E-state index contributed by atoms with van der Waals surface area (Å²) in [7, 11) is 1.91. The van der Waals surface area contributed by atoms with Gasteiger partial charge in [0.25, 0.3) is 0 Å². The van der Waals surface area contributed by atoms with Crippen molar-refractivity contribution in [2.24, 2.45) is 7.05 Å². The Balaban J connectivity index is 1.92. The Kier molecular flexibility index (Phi) is 3.91. The molecular weight excluding hydrogens is 285 g/mol. The summed E-state index contributed by atoms with van der Waals surface area (Å²) in [5.74, 6) is -0.229. The minimum atomic E-state index is -0.229. The third kappa shape index (κ3) is 3.14. The number of hydrogen-bond donors (Lipinski definition) is 1. The van der Waals surface area contributed by atoms with Crippen LogP contribution in [0.15, 0.2) is 34.9 Å². The second-order valence-electron chi connectivity index (χ2n) is 3.79. The summed E-state index contributed by atoms with van der Waals surface area (Å²) >= 11 is 3.34. The monoisotopic (exact) mass is 297 g/mol. The molecule has 17 heavy (non-hydrogen) atoms. The minimum Gasteiger partial charge on any atom is -0.307 e. The number of halogens is 2. The number of aromatic nitrogens is 2. The van der Waals surface area contributed by atoms with Crippen molar-refractivity contribution in [3.05, 3.63) is 52.0 Å². The van der Waals surface area contributed by atoms with Gasteiger partial charge in [-0.3, -0.25) is 4.68 Å². The van der Waals surface area contributed by atoms with Gasteiger partial charge in [-0.15, -0.1) is 0 Å². The van der Waals surface area contributed by atoms with Crippen molar-refractivity contribution in [2.45, 2.75) is 13.1 Å². The normalized spacial score (nSPS) is 10.8. The lowest BCUT2D eigenvalue weighted by atomic mass is 10.2. The fourth-order valence-electron chi connectivity index (χ4n) is 1.57. The van der Waals surface area contributed by atoms with Gasteiger partial charge in [0.15, 0.2) is 0 Å². The van der Waals surface area contributed by atoms with Crippen LogP contribution in [0.2, 0.25) is 0 Å². The molecule has 0 saturated heterocycles. The van der Waals surface area contributed by atoms with Gasteiger partial charge in [-0.25, -0.2) is 4.39 Å². The van der Waals surface area contributed by atoms with E-state index in [4.69, 9.17) is 0 Å². The fraction of sp³-hybridized carbons (Fsp3) is 0.250. The van der Waals surface area contributed by atoms with Crippen molar-refractivity contribution in [1.82, 2.24) is 15.1 Å². The van der Waals surface area contributed by atoms with E-state index in [1.54, 1.807) is 12.3 Å². The van der Waals surface area contributed by atoms with E-state index in [9.17, 15) is 4.39 Å². The highest BCUT2D eigenvalue weighted by atomic mass is 79.9. The molecule has 1 heterocycles. The maximum Gasteiger partial charge on any atom is 0.124 e. The quantitative estimate of drug-likeness (QED) is 0.940. The molecule has 0 unspecified atom stereocenters. The summed E-state index contributed by atoms with van der Waals surface area (Å²) in [5, 5.41) is 7.38. The zero-order valence-corrected chi connectivity index (χ0v) is 11.0. The van der Waals surface area contributed by atoms with Gasteiger partial charge in [0.05, 0.1) is 5.69 Å². The van der Waals surface area contributed by atoms with Crippen LogP contribution in [0.25, 0.3) is 0 Å². The lowest BCUT2D eigenvalue weighted by molar-refractivity contribution is 0.615. The van der Waals surface area contributed by atoms with Gasteiger partial charge < -0.3 is 5.32 Å². The first-order valence-corrected chi connectivity index (χ1v) is 6.07. The molecule has 0 amide bonds. The second-order valence-corrected chi connectivity index (χ2v) is 4.64.